The van der Waals surface area contributed by atoms with Crippen LogP contribution in [0, 0.1) is 11.2 Å². The second-order valence-corrected chi connectivity index (χ2v) is 7.20. The molecule has 4 rings (SSSR count). The van der Waals surface area contributed by atoms with Gasteiger partial charge in [0.15, 0.2) is 11.6 Å². The van der Waals surface area contributed by atoms with Gasteiger partial charge >= 0.3 is 12.1 Å². The Kier molecular flexibility index (Phi) is 6.28. The molecular weight excluding hydrogens is 427 g/mol. The van der Waals surface area contributed by atoms with Crippen molar-refractivity contribution in [3.05, 3.63) is 35.3 Å². The van der Waals surface area contributed by atoms with E-state index in [4.69, 9.17) is 25.8 Å². The highest BCUT2D eigenvalue weighted by Gasteiger charge is 2.68. The largest absolute Gasteiger partial charge is 0.484 e. The quantitative estimate of drug-likeness (QED) is 0.411. The van der Waals surface area contributed by atoms with Gasteiger partial charge in [-0.05, 0) is 6.42 Å². The first-order chi connectivity index (χ1) is 13.6. The maximum atomic E-state index is 14.8. The number of ether oxygens (including phenoxy) is 5. The number of alkyl halides is 4. The predicted molar refractivity (Wildman–Crippen MR) is 90.7 cm³/mol. The molecule has 0 saturated carbocycles. The normalized spacial score (nSPS) is 27.0. The molecule has 0 atom stereocenters. The van der Waals surface area contributed by atoms with Crippen LogP contribution in [0.15, 0.2) is 24.5 Å². The first-order valence-corrected chi connectivity index (χ1v) is 9.09. The monoisotopic (exact) mass is 444 g/mol. The number of benzene rings is 1. The summed E-state index contributed by atoms with van der Waals surface area (Å²) in [5, 5.41) is -0.468. The third kappa shape index (κ3) is 4.45. The lowest BCUT2D eigenvalue weighted by atomic mass is 9.84. The van der Waals surface area contributed by atoms with Crippen molar-refractivity contribution >= 4 is 11.6 Å². The maximum absolute atomic E-state index is 14.8. The van der Waals surface area contributed by atoms with Crippen molar-refractivity contribution in [3.8, 4) is 11.5 Å². The fourth-order valence-electron chi connectivity index (χ4n) is 3.08. The first kappa shape index (κ1) is 22.1. The highest BCUT2D eigenvalue weighted by atomic mass is 35.5. The Morgan fingerprint density at radius 2 is 1.83 bits per heavy atom. The molecule has 1 aromatic carbocycles. The van der Waals surface area contributed by atoms with Crippen LogP contribution < -0.4 is 9.47 Å². The number of fused-ring (bicyclic) bond motifs is 3. The van der Waals surface area contributed by atoms with Crippen LogP contribution in [0.4, 0.5) is 22.0 Å². The zero-order chi connectivity index (χ0) is 21.3. The van der Waals surface area contributed by atoms with Crippen molar-refractivity contribution < 1.29 is 45.6 Å². The summed E-state index contributed by atoms with van der Waals surface area (Å²) in [6.07, 6.45) is -4.60. The molecule has 3 saturated heterocycles. The van der Waals surface area contributed by atoms with E-state index in [1.54, 1.807) is 0 Å². The highest BCUT2D eigenvalue weighted by molar-refractivity contribution is 6.32. The van der Waals surface area contributed by atoms with Gasteiger partial charge in [0.05, 0.1) is 31.1 Å². The Labute approximate surface area is 168 Å². The van der Waals surface area contributed by atoms with Crippen LogP contribution in [0.5, 0.6) is 11.5 Å². The van der Waals surface area contributed by atoms with Gasteiger partial charge in [-0.2, -0.15) is 8.78 Å². The van der Waals surface area contributed by atoms with Crippen LogP contribution in [0.3, 0.4) is 0 Å². The average Bonchev–Trinajstić information content (AvgIpc) is 2.65. The molecule has 0 aliphatic carbocycles. The molecule has 0 spiro atoms. The van der Waals surface area contributed by atoms with Gasteiger partial charge in [-0.1, -0.05) is 24.9 Å². The molecular formula is C18H18ClF5O5. The number of allylic oxidation sites excluding steroid dienone is 1. The summed E-state index contributed by atoms with van der Waals surface area (Å²) >= 11 is 5.79. The predicted octanol–water partition coefficient (Wildman–Crippen LogP) is 5.13. The van der Waals surface area contributed by atoms with Crippen LogP contribution in [0.25, 0.3) is 0 Å². The number of rotatable bonds is 8. The van der Waals surface area contributed by atoms with Gasteiger partial charge in [-0.15, -0.1) is 0 Å². The van der Waals surface area contributed by atoms with Crippen LogP contribution in [0.1, 0.15) is 19.8 Å². The molecule has 2 bridgehead atoms. The minimum atomic E-state index is -4.14. The summed E-state index contributed by atoms with van der Waals surface area (Å²) in [6.45, 7) is 1.94. The van der Waals surface area contributed by atoms with Gasteiger partial charge in [0.1, 0.15) is 5.75 Å². The van der Waals surface area contributed by atoms with Crippen LogP contribution in [-0.4, -0.2) is 38.3 Å². The van der Waals surface area contributed by atoms with Crippen LogP contribution in [-0.2, 0) is 14.2 Å². The minimum absolute atomic E-state index is 0.00183. The van der Waals surface area contributed by atoms with Crippen molar-refractivity contribution in [2.24, 2.45) is 5.41 Å². The molecule has 3 aliphatic heterocycles. The number of hydrogen-bond donors (Lipinski definition) is 0. The fraction of sp³-hybridized carbons (Fsp3) is 0.556. The molecule has 1 aromatic rings. The zero-order valence-electron chi connectivity index (χ0n) is 15.2. The van der Waals surface area contributed by atoms with E-state index in [1.165, 1.54) is 0 Å². The number of halogens is 6. The second-order valence-electron chi connectivity index (χ2n) is 6.79. The van der Waals surface area contributed by atoms with E-state index >= 15 is 0 Å². The van der Waals surface area contributed by atoms with Gasteiger partial charge in [-0.25, -0.2) is 13.2 Å². The minimum Gasteiger partial charge on any atom is -0.460 e. The van der Waals surface area contributed by atoms with Crippen molar-refractivity contribution in [1.82, 2.24) is 0 Å². The molecule has 0 aromatic heterocycles. The van der Waals surface area contributed by atoms with Gasteiger partial charge < -0.3 is 23.7 Å². The summed E-state index contributed by atoms with van der Waals surface area (Å²) in [7, 11) is 0. The summed E-state index contributed by atoms with van der Waals surface area (Å²) in [6, 6.07) is 1.41. The van der Waals surface area contributed by atoms with Gasteiger partial charge in [0.25, 0.3) is 6.43 Å². The molecule has 0 unspecified atom stereocenters. The maximum Gasteiger partial charge on any atom is 0.484 e. The molecule has 5 nitrogen and oxygen atoms in total. The number of hydrogen-bond acceptors (Lipinski definition) is 5. The van der Waals surface area contributed by atoms with Crippen molar-refractivity contribution in [3.63, 3.8) is 0 Å². The summed E-state index contributed by atoms with van der Waals surface area (Å²) < 4.78 is 92.5. The molecule has 3 aliphatic rings. The molecule has 0 N–H and O–H groups in total. The van der Waals surface area contributed by atoms with Crippen LogP contribution >= 0.6 is 11.6 Å². The molecule has 3 fully saturated rings. The first-order valence-electron chi connectivity index (χ1n) is 8.71. The Balaban J connectivity index is 1.74. The van der Waals surface area contributed by atoms with Crippen LogP contribution in [0.2, 0.25) is 5.02 Å². The average molecular weight is 445 g/mol. The molecule has 11 heteroatoms. The Morgan fingerprint density at radius 1 is 1.21 bits per heavy atom. The highest BCUT2D eigenvalue weighted by Crippen LogP contribution is 2.48. The fourth-order valence-corrected chi connectivity index (χ4v) is 3.32. The standard InChI is InChI=1S/C18H18ClF5O5/c1-2-4-16-8-26-18(27-9-16,28-10-16)17(23,24)29-11-6-12(19)15(13(20)7-11)25-5-3-14(21)22/h3,5-7,14H,2,4,8-10H2,1H3. The molecule has 3 heterocycles. The van der Waals surface area contributed by atoms with E-state index in [1.807, 2.05) is 6.92 Å². The Hall–Kier alpha value is -1.62. The smallest absolute Gasteiger partial charge is 0.460 e. The van der Waals surface area contributed by atoms with Gasteiger partial charge in [0.2, 0.25) is 0 Å². The van der Waals surface area contributed by atoms with Gasteiger partial charge in [0, 0.05) is 23.6 Å². The third-order valence-corrected chi connectivity index (χ3v) is 4.75. The summed E-state index contributed by atoms with van der Waals surface area (Å²) in [5.74, 6) is -5.25. The van der Waals surface area contributed by atoms with E-state index in [2.05, 4.69) is 9.47 Å². The topological polar surface area (TPSA) is 46.2 Å². The van der Waals surface area contributed by atoms with Crippen molar-refractivity contribution in [1.29, 1.82) is 0 Å². The van der Waals surface area contributed by atoms with Gasteiger partial charge in [-0.3, -0.25) is 0 Å². The van der Waals surface area contributed by atoms with E-state index in [-0.39, 0.29) is 19.8 Å². The lowest BCUT2D eigenvalue weighted by Crippen LogP contribution is -2.68. The van der Waals surface area contributed by atoms with E-state index < -0.39 is 46.3 Å². The second kappa shape index (κ2) is 8.25. The SMILES string of the molecule is CCCC12COC(C(F)(F)Oc3cc(F)c(OC=CC(F)F)c(Cl)c3)(OC1)OC2. The van der Waals surface area contributed by atoms with E-state index in [0.717, 1.165) is 12.5 Å². The van der Waals surface area contributed by atoms with Crippen molar-refractivity contribution in [2.45, 2.75) is 38.3 Å². The Morgan fingerprint density at radius 3 is 2.34 bits per heavy atom. The molecule has 29 heavy (non-hydrogen) atoms. The Bertz CT molecular complexity index is 725. The summed E-state index contributed by atoms with van der Waals surface area (Å²) in [5.41, 5.74) is -0.493. The molecule has 0 amide bonds. The zero-order valence-corrected chi connectivity index (χ0v) is 16.0. The molecule has 0 radical (unpaired) electrons. The van der Waals surface area contributed by atoms with Crippen molar-refractivity contribution in [2.75, 3.05) is 19.8 Å². The van der Waals surface area contributed by atoms with E-state index in [0.29, 0.717) is 24.8 Å². The molecule has 162 valence electrons. The lowest BCUT2D eigenvalue weighted by molar-refractivity contribution is -0.548. The third-order valence-electron chi connectivity index (χ3n) is 4.47. The summed E-state index contributed by atoms with van der Waals surface area (Å²) in [4.78, 5) is 0. The van der Waals surface area contributed by atoms with E-state index in [9.17, 15) is 22.0 Å². The lowest BCUT2D eigenvalue weighted by Gasteiger charge is -2.52.